The van der Waals surface area contributed by atoms with Crippen LogP contribution in [0.5, 0.6) is 0 Å². The third-order valence-electron chi connectivity index (χ3n) is 5.09. The number of aryl methyl sites for hydroxylation is 1. The third kappa shape index (κ3) is 2.11. The molecule has 100 valence electrons. The van der Waals surface area contributed by atoms with Gasteiger partial charge in [-0.25, -0.2) is 0 Å². The molecule has 0 heterocycles. The predicted molar refractivity (Wildman–Crippen MR) is 80.3 cm³/mol. The Morgan fingerprint density at radius 1 is 1.11 bits per heavy atom. The topological polar surface area (TPSA) is 0 Å². The molecule has 0 amide bonds. The Hall–Kier alpha value is -0.780. The molecule has 0 spiro atoms. The Morgan fingerprint density at radius 2 is 1.78 bits per heavy atom. The van der Waals surface area contributed by atoms with Crippen molar-refractivity contribution in [3.63, 3.8) is 0 Å². The molecule has 2 rings (SSSR count). The van der Waals surface area contributed by atoms with Crippen LogP contribution in [0, 0.1) is 5.92 Å². The highest BCUT2D eigenvalue weighted by atomic mass is 14.5. The van der Waals surface area contributed by atoms with Gasteiger partial charge in [0.2, 0.25) is 0 Å². The van der Waals surface area contributed by atoms with Crippen LogP contribution >= 0.6 is 0 Å². The monoisotopic (exact) mass is 244 g/mol. The summed E-state index contributed by atoms with van der Waals surface area (Å²) in [5, 5.41) is 0. The van der Waals surface area contributed by atoms with E-state index in [1.165, 1.54) is 24.8 Å². The van der Waals surface area contributed by atoms with Crippen LogP contribution in [0.3, 0.4) is 0 Å². The van der Waals surface area contributed by atoms with E-state index < -0.39 is 0 Å². The minimum atomic E-state index is 0.314. The van der Waals surface area contributed by atoms with E-state index in [2.05, 4.69) is 59.7 Å². The summed E-state index contributed by atoms with van der Waals surface area (Å²) in [6.45, 7) is 14.3. The van der Waals surface area contributed by atoms with Gasteiger partial charge in [0.1, 0.15) is 0 Å². The molecule has 1 aliphatic carbocycles. The van der Waals surface area contributed by atoms with Crippen LogP contribution in [-0.4, -0.2) is 0 Å². The third-order valence-corrected chi connectivity index (χ3v) is 5.09. The van der Waals surface area contributed by atoms with Crippen LogP contribution in [0.25, 0.3) is 0 Å². The van der Waals surface area contributed by atoms with Crippen LogP contribution in [0.1, 0.15) is 71.1 Å². The lowest BCUT2D eigenvalue weighted by atomic mass is 9.58. The molecule has 1 aromatic rings. The van der Waals surface area contributed by atoms with Crippen molar-refractivity contribution in [3.05, 3.63) is 34.9 Å². The van der Waals surface area contributed by atoms with Gasteiger partial charge in [-0.3, -0.25) is 0 Å². The lowest BCUT2D eigenvalue weighted by molar-refractivity contribution is 0.233. The highest BCUT2D eigenvalue weighted by molar-refractivity contribution is 5.44. The Morgan fingerprint density at radius 3 is 2.39 bits per heavy atom. The van der Waals surface area contributed by atoms with Gasteiger partial charge in [0.05, 0.1) is 0 Å². The van der Waals surface area contributed by atoms with Crippen LogP contribution in [0.4, 0.5) is 0 Å². The molecule has 1 unspecified atom stereocenters. The number of rotatable bonds is 2. The quantitative estimate of drug-likeness (QED) is 0.668. The Kier molecular flexibility index (Phi) is 3.34. The van der Waals surface area contributed by atoms with Gasteiger partial charge in [-0.1, -0.05) is 66.2 Å². The Balaban J connectivity index is 2.57. The molecule has 0 heteroatoms. The fraction of sp³-hybridized carbons (Fsp3) is 0.667. The van der Waals surface area contributed by atoms with E-state index in [-0.39, 0.29) is 0 Å². The molecular formula is C18H28. The van der Waals surface area contributed by atoms with Crippen molar-refractivity contribution in [2.45, 2.75) is 71.6 Å². The van der Waals surface area contributed by atoms with Crippen molar-refractivity contribution in [1.29, 1.82) is 0 Å². The maximum absolute atomic E-state index is 2.48. The standard InChI is InChI=1S/C18H28/c1-7-8-14-9-10-15-16(11-14)18(5,6)13(2)12-17(15,3)4/h9-11,13H,7-8,12H2,1-6H3. The molecule has 1 aliphatic rings. The zero-order chi connectivity index (χ0) is 13.6. The van der Waals surface area contributed by atoms with E-state index in [4.69, 9.17) is 0 Å². The number of hydrogen-bond donors (Lipinski definition) is 0. The summed E-state index contributed by atoms with van der Waals surface area (Å²) in [6.07, 6.45) is 3.73. The normalized spacial score (nSPS) is 24.7. The van der Waals surface area contributed by atoms with Gasteiger partial charge in [0.15, 0.2) is 0 Å². The molecule has 0 bridgehead atoms. The van der Waals surface area contributed by atoms with Crippen LogP contribution in [0.2, 0.25) is 0 Å². The highest BCUT2D eigenvalue weighted by Gasteiger charge is 2.41. The van der Waals surface area contributed by atoms with Crippen molar-refractivity contribution in [1.82, 2.24) is 0 Å². The molecule has 0 aromatic heterocycles. The Labute approximate surface area is 113 Å². The molecule has 18 heavy (non-hydrogen) atoms. The zero-order valence-corrected chi connectivity index (χ0v) is 12.9. The van der Waals surface area contributed by atoms with Gasteiger partial charge < -0.3 is 0 Å². The van der Waals surface area contributed by atoms with Gasteiger partial charge in [0, 0.05) is 0 Å². The smallest absolute Gasteiger partial charge is 0.00746 e. The second-order valence-electron chi connectivity index (χ2n) is 7.34. The molecule has 0 aliphatic heterocycles. The summed E-state index contributed by atoms with van der Waals surface area (Å²) in [7, 11) is 0. The van der Waals surface area contributed by atoms with Crippen molar-refractivity contribution < 1.29 is 0 Å². The second-order valence-corrected chi connectivity index (χ2v) is 7.34. The molecule has 1 atom stereocenters. The number of benzene rings is 1. The summed E-state index contributed by atoms with van der Waals surface area (Å²) >= 11 is 0. The van der Waals surface area contributed by atoms with Gasteiger partial charge in [-0.15, -0.1) is 0 Å². The lowest BCUT2D eigenvalue weighted by Crippen LogP contribution is -2.40. The first-order valence-electron chi connectivity index (χ1n) is 7.43. The molecule has 0 radical (unpaired) electrons. The molecule has 0 saturated heterocycles. The van der Waals surface area contributed by atoms with Gasteiger partial charge >= 0.3 is 0 Å². The van der Waals surface area contributed by atoms with Crippen molar-refractivity contribution in [2.75, 3.05) is 0 Å². The summed E-state index contributed by atoms with van der Waals surface area (Å²) in [5.41, 5.74) is 5.32. The van der Waals surface area contributed by atoms with E-state index in [1.807, 2.05) is 0 Å². The first-order chi connectivity index (χ1) is 8.29. The van der Waals surface area contributed by atoms with Crippen molar-refractivity contribution >= 4 is 0 Å². The van der Waals surface area contributed by atoms with E-state index in [1.54, 1.807) is 11.1 Å². The summed E-state index contributed by atoms with van der Waals surface area (Å²) in [5.74, 6) is 0.747. The van der Waals surface area contributed by atoms with Crippen LogP contribution in [0.15, 0.2) is 18.2 Å². The number of fused-ring (bicyclic) bond motifs is 1. The van der Waals surface area contributed by atoms with Crippen molar-refractivity contribution in [3.8, 4) is 0 Å². The van der Waals surface area contributed by atoms with E-state index in [9.17, 15) is 0 Å². The fourth-order valence-electron chi connectivity index (χ4n) is 3.55. The molecule has 0 saturated carbocycles. The summed E-state index contributed by atoms with van der Waals surface area (Å²) < 4.78 is 0. The largest absolute Gasteiger partial charge is 0.0651 e. The molecular weight excluding hydrogens is 216 g/mol. The number of hydrogen-bond acceptors (Lipinski definition) is 0. The van der Waals surface area contributed by atoms with Gasteiger partial charge in [-0.05, 0) is 46.3 Å². The maximum Gasteiger partial charge on any atom is -0.00746 e. The molecule has 0 fully saturated rings. The second kappa shape index (κ2) is 4.40. The zero-order valence-electron chi connectivity index (χ0n) is 12.9. The average molecular weight is 244 g/mol. The Bertz CT molecular complexity index is 437. The van der Waals surface area contributed by atoms with Gasteiger partial charge in [0.25, 0.3) is 0 Å². The first kappa shape index (κ1) is 13.6. The summed E-state index contributed by atoms with van der Waals surface area (Å²) in [4.78, 5) is 0. The fourth-order valence-corrected chi connectivity index (χ4v) is 3.55. The molecule has 1 aromatic carbocycles. The SMILES string of the molecule is CCCc1ccc2c(c1)C(C)(C)C(C)CC2(C)C. The van der Waals surface area contributed by atoms with E-state index in [0.717, 1.165) is 5.92 Å². The molecule has 0 N–H and O–H groups in total. The van der Waals surface area contributed by atoms with Gasteiger partial charge in [-0.2, -0.15) is 0 Å². The van der Waals surface area contributed by atoms with E-state index in [0.29, 0.717) is 10.8 Å². The lowest BCUT2D eigenvalue weighted by Gasteiger charge is -2.46. The first-order valence-corrected chi connectivity index (χ1v) is 7.43. The minimum Gasteiger partial charge on any atom is -0.0651 e. The van der Waals surface area contributed by atoms with E-state index >= 15 is 0 Å². The van der Waals surface area contributed by atoms with Crippen LogP contribution < -0.4 is 0 Å². The van der Waals surface area contributed by atoms with Crippen molar-refractivity contribution in [2.24, 2.45) is 5.92 Å². The summed E-state index contributed by atoms with van der Waals surface area (Å²) in [6, 6.07) is 7.22. The predicted octanol–water partition coefficient (Wildman–Crippen LogP) is 5.23. The average Bonchev–Trinajstić information content (AvgIpc) is 2.27. The molecule has 0 nitrogen and oxygen atoms in total. The minimum absolute atomic E-state index is 0.314. The van der Waals surface area contributed by atoms with Crippen LogP contribution in [-0.2, 0) is 17.3 Å². The maximum atomic E-state index is 2.48. The highest BCUT2D eigenvalue weighted by Crippen LogP contribution is 2.49.